The van der Waals surface area contributed by atoms with Crippen LogP contribution < -0.4 is 15.4 Å². The number of nitrogens with one attached hydrogen (secondary N) is 3. The highest BCUT2D eigenvalue weighted by Crippen LogP contribution is 2.30. The molecule has 3 aromatic rings. The molecule has 0 unspecified atom stereocenters. The Hall–Kier alpha value is -4.66. The topological polar surface area (TPSA) is 127 Å². The molecule has 0 fully saturated rings. The lowest BCUT2D eigenvalue weighted by Gasteiger charge is -2.19. The van der Waals surface area contributed by atoms with Gasteiger partial charge in [0.25, 0.3) is 5.91 Å². The quantitative estimate of drug-likeness (QED) is 0.147. The van der Waals surface area contributed by atoms with Crippen LogP contribution >= 0.6 is 0 Å². The molecule has 9 heteroatoms. The van der Waals surface area contributed by atoms with Gasteiger partial charge < -0.3 is 19.5 Å². The largest absolute Gasteiger partial charge is 0.489 e. The fraction of sp³-hybridized carbons (Fsp3) is 0.333. The molecule has 0 saturated heterocycles. The molecule has 0 atom stereocenters. The Labute approximate surface area is 247 Å². The van der Waals surface area contributed by atoms with E-state index in [1.54, 1.807) is 70.2 Å². The SMILES string of the molecule is CCOC(=O)c1cc(C(=O)NCC(C)C)ccc1-c1ccccc1COc1ccc(C(=N)NC(=O)OC(C)(C)C)cc1. The second-order valence-corrected chi connectivity index (χ2v) is 11.1. The maximum atomic E-state index is 13.0. The van der Waals surface area contributed by atoms with Gasteiger partial charge in [-0.25, -0.2) is 9.59 Å². The molecule has 0 aliphatic heterocycles. The van der Waals surface area contributed by atoms with Crippen LogP contribution in [0.2, 0.25) is 0 Å². The predicted molar refractivity (Wildman–Crippen MR) is 162 cm³/mol. The minimum absolute atomic E-state index is 0.0889. The fourth-order valence-corrected chi connectivity index (χ4v) is 3.96. The van der Waals surface area contributed by atoms with E-state index in [-0.39, 0.29) is 25.0 Å². The second-order valence-electron chi connectivity index (χ2n) is 11.1. The summed E-state index contributed by atoms with van der Waals surface area (Å²) in [5.41, 5.74) is 2.72. The molecule has 0 aromatic heterocycles. The van der Waals surface area contributed by atoms with E-state index in [0.717, 1.165) is 11.1 Å². The molecule has 3 aromatic carbocycles. The van der Waals surface area contributed by atoms with Gasteiger partial charge in [-0.1, -0.05) is 44.2 Å². The minimum atomic E-state index is -0.698. The molecule has 3 N–H and O–H groups in total. The number of esters is 1. The van der Waals surface area contributed by atoms with Crippen molar-refractivity contribution in [3.05, 3.63) is 89.0 Å². The summed E-state index contributed by atoms with van der Waals surface area (Å²) in [6, 6.07) is 19.3. The average Bonchev–Trinajstić information content (AvgIpc) is 2.94. The Kier molecular flexibility index (Phi) is 10.8. The molecule has 0 aliphatic rings. The number of rotatable bonds is 10. The molecule has 0 saturated carbocycles. The van der Waals surface area contributed by atoms with Crippen LogP contribution in [0.5, 0.6) is 5.75 Å². The van der Waals surface area contributed by atoms with Crippen LogP contribution in [-0.2, 0) is 16.1 Å². The minimum Gasteiger partial charge on any atom is -0.489 e. The summed E-state index contributed by atoms with van der Waals surface area (Å²) in [6.45, 7) is 11.9. The summed E-state index contributed by atoms with van der Waals surface area (Å²) in [6.07, 6.45) is -0.698. The van der Waals surface area contributed by atoms with Crippen molar-refractivity contribution in [2.45, 2.75) is 53.8 Å². The van der Waals surface area contributed by atoms with Crippen LogP contribution in [0.4, 0.5) is 4.79 Å². The first-order chi connectivity index (χ1) is 19.9. The first-order valence-corrected chi connectivity index (χ1v) is 13.9. The average molecular weight is 574 g/mol. The highest BCUT2D eigenvalue weighted by molar-refractivity contribution is 6.04. The van der Waals surface area contributed by atoms with Gasteiger partial charge in [0.15, 0.2) is 0 Å². The Morgan fingerprint density at radius 2 is 1.57 bits per heavy atom. The van der Waals surface area contributed by atoms with Crippen molar-refractivity contribution in [2.24, 2.45) is 5.92 Å². The smallest absolute Gasteiger partial charge is 0.413 e. The van der Waals surface area contributed by atoms with Crippen molar-refractivity contribution in [1.82, 2.24) is 10.6 Å². The highest BCUT2D eigenvalue weighted by Gasteiger charge is 2.20. The van der Waals surface area contributed by atoms with E-state index in [0.29, 0.717) is 40.5 Å². The molecule has 0 aliphatic carbocycles. The lowest BCUT2D eigenvalue weighted by atomic mass is 9.94. The third-order valence-corrected chi connectivity index (χ3v) is 5.92. The first-order valence-electron chi connectivity index (χ1n) is 13.9. The fourth-order valence-electron chi connectivity index (χ4n) is 3.96. The maximum absolute atomic E-state index is 13.0. The Morgan fingerprint density at radius 3 is 2.21 bits per heavy atom. The molecule has 0 radical (unpaired) electrons. The van der Waals surface area contributed by atoms with Gasteiger partial charge in [-0.05, 0) is 86.7 Å². The zero-order chi connectivity index (χ0) is 30.9. The molecule has 2 amide bonds. The molecule has 42 heavy (non-hydrogen) atoms. The second kappa shape index (κ2) is 14.3. The van der Waals surface area contributed by atoms with Gasteiger partial charge in [0.2, 0.25) is 0 Å². The molecule has 0 spiro atoms. The lowest BCUT2D eigenvalue weighted by molar-refractivity contribution is 0.0524. The van der Waals surface area contributed by atoms with Gasteiger partial charge >= 0.3 is 12.1 Å². The number of hydrogen-bond acceptors (Lipinski definition) is 7. The van der Waals surface area contributed by atoms with Crippen molar-refractivity contribution in [2.75, 3.05) is 13.2 Å². The van der Waals surface area contributed by atoms with E-state index < -0.39 is 17.7 Å². The van der Waals surface area contributed by atoms with Gasteiger partial charge in [0, 0.05) is 17.7 Å². The Morgan fingerprint density at radius 1 is 0.905 bits per heavy atom. The molecular weight excluding hydrogens is 534 g/mol. The number of alkyl carbamates (subject to hydrolysis) is 1. The van der Waals surface area contributed by atoms with Gasteiger partial charge in [-0.15, -0.1) is 0 Å². The van der Waals surface area contributed by atoms with Gasteiger partial charge in [0.05, 0.1) is 12.2 Å². The monoisotopic (exact) mass is 573 g/mol. The normalized spacial score (nSPS) is 11.0. The molecule has 0 bridgehead atoms. The number of carbonyl (C=O) groups is 3. The van der Waals surface area contributed by atoms with Crippen molar-refractivity contribution < 1.29 is 28.6 Å². The molecule has 0 heterocycles. The lowest BCUT2D eigenvalue weighted by Crippen LogP contribution is -2.36. The van der Waals surface area contributed by atoms with Crippen LogP contribution in [0.25, 0.3) is 11.1 Å². The van der Waals surface area contributed by atoms with Crippen molar-refractivity contribution in [3.8, 4) is 16.9 Å². The summed E-state index contributed by atoms with van der Waals surface area (Å²) >= 11 is 0. The number of hydrogen-bond donors (Lipinski definition) is 3. The van der Waals surface area contributed by atoms with Crippen LogP contribution in [0.15, 0.2) is 66.7 Å². The van der Waals surface area contributed by atoms with Crippen molar-refractivity contribution >= 4 is 23.8 Å². The van der Waals surface area contributed by atoms with Crippen LogP contribution in [0, 0.1) is 11.3 Å². The Balaban J connectivity index is 1.79. The number of amides is 2. The van der Waals surface area contributed by atoms with E-state index in [9.17, 15) is 14.4 Å². The van der Waals surface area contributed by atoms with E-state index in [1.807, 2.05) is 38.1 Å². The first kappa shape index (κ1) is 31.9. The molecule has 3 rings (SSSR count). The summed E-state index contributed by atoms with van der Waals surface area (Å²) in [4.78, 5) is 37.6. The number of ether oxygens (including phenoxy) is 3. The zero-order valence-corrected chi connectivity index (χ0v) is 25.0. The third-order valence-electron chi connectivity index (χ3n) is 5.92. The van der Waals surface area contributed by atoms with Crippen LogP contribution in [-0.4, -0.2) is 42.6 Å². The van der Waals surface area contributed by atoms with Gasteiger partial charge in [0.1, 0.15) is 23.8 Å². The maximum Gasteiger partial charge on any atom is 0.413 e. The summed E-state index contributed by atoms with van der Waals surface area (Å²) in [7, 11) is 0. The predicted octanol–water partition coefficient (Wildman–Crippen LogP) is 6.35. The van der Waals surface area contributed by atoms with E-state index in [4.69, 9.17) is 19.6 Å². The molecular formula is C33H39N3O6. The van der Waals surface area contributed by atoms with Gasteiger partial charge in [-0.2, -0.15) is 0 Å². The molecule has 222 valence electrons. The van der Waals surface area contributed by atoms with E-state index >= 15 is 0 Å². The van der Waals surface area contributed by atoms with Crippen LogP contribution in [0.1, 0.15) is 73.4 Å². The van der Waals surface area contributed by atoms with Crippen molar-refractivity contribution in [1.29, 1.82) is 5.41 Å². The van der Waals surface area contributed by atoms with Gasteiger partial charge in [-0.3, -0.25) is 15.5 Å². The summed E-state index contributed by atoms with van der Waals surface area (Å²) < 4.78 is 16.6. The third kappa shape index (κ3) is 9.19. The molecule has 9 nitrogen and oxygen atoms in total. The number of carbonyl (C=O) groups excluding carboxylic acids is 3. The van der Waals surface area contributed by atoms with Crippen molar-refractivity contribution in [3.63, 3.8) is 0 Å². The highest BCUT2D eigenvalue weighted by atomic mass is 16.6. The number of benzene rings is 3. The standard InChI is InChI=1S/C33H39N3O6/c1-7-40-31(38)28-18-23(30(37)35-19-21(2)3)14-17-27(28)26-11-9-8-10-24(26)20-41-25-15-12-22(13-16-25)29(34)36-32(39)42-33(4,5)6/h8-18,21H,7,19-20H2,1-6H3,(H,35,37)(H2,34,36,39). The number of amidine groups is 1. The summed E-state index contributed by atoms with van der Waals surface area (Å²) in [5.74, 6) is -0.00716. The Bertz CT molecular complexity index is 1420. The van der Waals surface area contributed by atoms with E-state index in [1.165, 1.54) is 0 Å². The summed E-state index contributed by atoms with van der Waals surface area (Å²) in [5, 5.41) is 13.5. The zero-order valence-electron chi connectivity index (χ0n) is 25.0. The van der Waals surface area contributed by atoms with E-state index in [2.05, 4.69) is 10.6 Å². The van der Waals surface area contributed by atoms with Crippen LogP contribution in [0.3, 0.4) is 0 Å².